The minimum Gasteiger partial charge on any atom is -0.493 e. The highest BCUT2D eigenvalue weighted by Gasteiger charge is 2.40. The number of carbonyl (C=O) groups is 2. The summed E-state index contributed by atoms with van der Waals surface area (Å²) < 4.78 is 22.3. The van der Waals surface area contributed by atoms with E-state index in [4.69, 9.17) is 18.9 Å². The van der Waals surface area contributed by atoms with Gasteiger partial charge >= 0.3 is 0 Å². The molecular formula is C27H31NO6. The Labute approximate surface area is 200 Å². The quantitative estimate of drug-likeness (QED) is 0.648. The first-order chi connectivity index (χ1) is 16.4. The van der Waals surface area contributed by atoms with Crippen LogP contribution in [0.4, 0.5) is 0 Å². The number of allylic oxidation sites excluding steroid dienone is 2. The molecule has 2 aliphatic rings. The molecule has 4 rings (SSSR count). The molecule has 1 amide bonds. The minimum atomic E-state index is -0.409. The maximum Gasteiger partial charge on any atom is 0.225 e. The van der Waals surface area contributed by atoms with Gasteiger partial charge < -0.3 is 24.3 Å². The van der Waals surface area contributed by atoms with E-state index >= 15 is 0 Å². The smallest absolute Gasteiger partial charge is 0.225 e. The Morgan fingerprint density at radius 1 is 0.853 bits per heavy atom. The van der Waals surface area contributed by atoms with Crippen molar-refractivity contribution in [3.8, 4) is 23.0 Å². The van der Waals surface area contributed by atoms with Crippen LogP contribution in [0.15, 0.2) is 47.7 Å². The van der Waals surface area contributed by atoms with E-state index in [9.17, 15) is 9.59 Å². The molecule has 0 saturated heterocycles. The highest BCUT2D eigenvalue weighted by molar-refractivity contribution is 6.02. The summed E-state index contributed by atoms with van der Waals surface area (Å²) in [5.41, 5.74) is 3.14. The van der Waals surface area contributed by atoms with Crippen molar-refractivity contribution in [1.82, 2.24) is 5.32 Å². The maximum atomic E-state index is 13.5. The van der Waals surface area contributed by atoms with Crippen LogP contribution in [0.1, 0.15) is 56.1 Å². The van der Waals surface area contributed by atoms with Gasteiger partial charge in [0.05, 0.1) is 27.4 Å². The predicted octanol–water partition coefficient (Wildman–Crippen LogP) is 4.50. The number of ketones is 1. The monoisotopic (exact) mass is 465 g/mol. The van der Waals surface area contributed by atoms with Crippen LogP contribution in [-0.4, -0.2) is 39.1 Å². The number of amides is 1. The molecular weight excluding hydrogens is 434 g/mol. The van der Waals surface area contributed by atoms with Crippen molar-refractivity contribution in [2.45, 2.75) is 51.0 Å². The maximum absolute atomic E-state index is 13.5. The van der Waals surface area contributed by atoms with Gasteiger partial charge in [-0.3, -0.25) is 9.59 Å². The molecule has 1 aliphatic heterocycles. The van der Waals surface area contributed by atoms with Crippen molar-refractivity contribution in [2.24, 2.45) is 0 Å². The fourth-order valence-corrected chi connectivity index (χ4v) is 4.95. The fraction of sp³-hybridized carbons (Fsp3) is 0.407. The first kappa shape index (κ1) is 23.7. The van der Waals surface area contributed by atoms with Crippen molar-refractivity contribution in [1.29, 1.82) is 0 Å². The summed E-state index contributed by atoms with van der Waals surface area (Å²) in [6.45, 7) is 3.97. The number of hydrogen-bond donors (Lipinski definition) is 1. The highest BCUT2D eigenvalue weighted by Crippen LogP contribution is 2.49. The van der Waals surface area contributed by atoms with Crippen molar-refractivity contribution in [2.75, 3.05) is 21.3 Å². The van der Waals surface area contributed by atoms with Crippen LogP contribution >= 0.6 is 0 Å². The summed E-state index contributed by atoms with van der Waals surface area (Å²) in [5, 5.41) is 2.97. The Kier molecular flexibility index (Phi) is 6.82. The summed E-state index contributed by atoms with van der Waals surface area (Å²) in [6, 6.07) is 11.5. The number of methoxy groups -OCH3 is 3. The molecule has 1 aliphatic carbocycles. The van der Waals surface area contributed by atoms with E-state index in [1.54, 1.807) is 20.3 Å². The van der Waals surface area contributed by atoms with Gasteiger partial charge in [0.1, 0.15) is 5.75 Å². The third-order valence-electron chi connectivity index (χ3n) is 6.37. The Balaban J connectivity index is 1.69. The van der Waals surface area contributed by atoms with Crippen molar-refractivity contribution in [3.63, 3.8) is 0 Å². The zero-order valence-corrected chi connectivity index (χ0v) is 20.3. The van der Waals surface area contributed by atoms with Gasteiger partial charge in [0.2, 0.25) is 11.7 Å². The van der Waals surface area contributed by atoms with Crippen LogP contribution in [0.2, 0.25) is 0 Å². The zero-order valence-electron chi connectivity index (χ0n) is 20.3. The van der Waals surface area contributed by atoms with Crippen LogP contribution in [0.3, 0.4) is 0 Å². The van der Waals surface area contributed by atoms with Gasteiger partial charge in [0, 0.05) is 35.6 Å². The van der Waals surface area contributed by atoms with Gasteiger partial charge in [-0.1, -0.05) is 18.2 Å². The Hall–Kier alpha value is -3.48. The van der Waals surface area contributed by atoms with Crippen LogP contribution in [-0.2, 0) is 9.59 Å². The van der Waals surface area contributed by atoms with Crippen LogP contribution in [0, 0.1) is 0 Å². The van der Waals surface area contributed by atoms with Crippen molar-refractivity contribution >= 4 is 11.7 Å². The number of nitrogens with one attached hydrogen (secondary N) is 1. The minimum absolute atomic E-state index is 0.00861. The van der Waals surface area contributed by atoms with Crippen LogP contribution in [0.5, 0.6) is 23.0 Å². The summed E-state index contributed by atoms with van der Waals surface area (Å²) in [4.78, 5) is 26.2. The van der Waals surface area contributed by atoms with Gasteiger partial charge in [0.15, 0.2) is 17.3 Å². The largest absolute Gasteiger partial charge is 0.493 e. The topological polar surface area (TPSA) is 83.1 Å². The summed E-state index contributed by atoms with van der Waals surface area (Å²) in [6.07, 6.45) is 1.23. The molecule has 1 N–H and O–H groups in total. The van der Waals surface area contributed by atoms with E-state index in [1.807, 2.05) is 44.2 Å². The van der Waals surface area contributed by atoms with Crippen molar-refractivity contribution < 1.29 is 28.5 Å². The second-order valence-electron chi connectivity index (χ2n) is 8.88. The van der Waals surface area contributed by atoms with E-state index in [1.165, 1.54) is 7.11 Å². The third-order valence-corrected chi connectivity index (χ3v) is 6.37. The van der Waals surface area contributed by atoms with Gasteiger partial charge in [0.25, 0.3) is 0 Å². The molecule has 1 heterocycles. The Morgan fingerprint density at radius 3 is 2.18 bits per heavy atom. The van der Waals surface area contributed by atoms with Crippen LogP contribution in [0.25, 0.3) is 0 Å². The second-order valence-corrected chi connectivity index (χ2v) is 8.88. The molecule has 2 atom stereocenters. The lowest BCUT2D eigenvalue weighted by atomic mass is 9.73. The molecule has 0 saturated carbocycles. The second kappa shape index (κ2) is 9.79. The van der Waals surface area contributed by atoms with Gasteiger partial charge in [-0.05, 0) is 49.9 Å². The SMILES string of the molecule is COc1ccc([C@@H]2CC(=O)NC3=C2C(=O)C[C@@H](c2ccc(OC(C)C)cc2)C3)c(OC)c1OC. The first-order valence-corrected chi connectivity index (χ1v) is 11.5. The molecule has 0 bridgehead atoms. The molecule has 0 aromatic heterocycles. The number of benzene rings is 2. The first-order valence-electron chi connectivity index (χ1n) is 11.5. The number of rotatable bonds is 7. The number of Topliss-reactive ketones (excluding diaryl/α,β-unsaturated/α-hetero) is 1. The van der Waals surface area contributed by atoms with Crippen molar-refractivity contribution in [3.05, 3.63) is 58.8 Å². The lowest BCUT2D eigenvalue weighted by Crippen LogP contribution is -2.38. The number of carbonyl (C=O) groups excluding carboxylic acids is 2. The summed E-state index contributed by atoms with van der Waals surface area (Å²) in [7, 11) is 4.64. The average Bonchev–Trinajstić information content (AvgIpc) is 2.82. The molecule has 2 aromatic rings. The number of hydrogen-bond acceptors (Lipinski definition) is 6. The van der Waals surface area contributed by atoms with Gasteiger partial charge in [-0.15, -0.1) is 0 Å². The highest BCUT2D eigenvalue weighted by atomic mass is 16.5. The van der Waals surface area contributed by atoms with E-state index in [2.05, 4.69) is 5.32 Å². The van der Waals surface area contributed by atoms with E-state index in [0.717, 1.165) is 16.9 Å². The lowest BCUT2D eigenvalue weighted by molar-refractivity contribution is -0.122. The third kappa shape index (κ3) is 4.47. The standard InChI is InChI=1S/C27H31NO6/c1-15(2)34-18-8-6-16(7-9-18)17-12-21-25(22(29)13-17)20(14-24(30)28-21)19-10-11-23(31-3)27(33-5)26(19)32-4/h6-11,15,17,20H,12-14H2,1-5H3,(H,28,30)/t17-,20-/m0/s1. The molecule has 7 heteroatoms. The fourth-order valence-electron chi connectivity index (χ4n) is 4.95. The zero-order chi connectivity index (χ0) is 24.4. The molecule has 0 unspecified atom stereocenters. The number of ether oxygens (including phenoxy) is 4. The normalized spacial score (nSPS) is 20.1. The van der Waals surface area contributed by atoms with E-state index in [-0.39, 0.29) is 30.1 Å². The molecule has 2 aromatic carbocycles. The van der Waals surface area contributed by atoms with Crippen LogP contribution < -0.4 is 24.3 Å². The molecule has 34 heavy (non-hydrogen) atoms. The molecule has 0 fully saturated rings. The lowest BCUT2D eigenvalue weighted by Gasteiger charge is -2.35. The Morgan fingerprint density at radius 2 is 1.56 bits per heavy atom. The summed E-state index contributed by atoms with van der Waals surface area (Å²) in [5.74, 6) is 1.75. The molecule has 0 spiro atoms. The van der Waals surface area contributed by atoms with Gasteiger partial charge in [-0.2, -0.15) is 0 Å². The van der Waals surface area contributed by atoms with E-state index in [0.29, 0.717) is 41.4 Å². The average molecular weight is 466 g/mol. The molecule has 0 radical (unpaired) electrons. The summed E-state index contributed by atoms with van der Waals surface area (Å²) >= 11 is 0. The van der Waals surface area contributed by atoms with E-state index < -0.39 is 5.92 Å². The molecule has 7 nitrogen and oxygen atoms in total. The van der Waals surface area contributed by atoms with Gasteiger partial charge in [-0.25, -0.2) is 0 Å². The molecule has 180 valence electrons. The Bertz CT molecular complexity index is 1120. The predicted molar refractivity (Wildman–Crippen MR) is 128 cm³/mol.